The van der Waals surface area contributed by atoms with Gasteiger partial charge in [-0.2, -0.15) is 0 Å². The number of allylic oxidation sites excluding steroid dienone is 5. The standard InChI is InChI=1S/C36H45F2N3O3S/c1-19(2)13-24-10-9-23(14-20(24)3)15-29-31(40-34(45-29)26-16-25(37)11-12-28(26)38)33(36(6,7)8)41-18-27-21(4)17-39-30(27)32(35(41)43)44-22(5)42/h9-12,16,20-21,27,30,32-33,39H,1,13-15,17-18H2,2-8H3. The molecule has 2 fully saturated rings. The molecule has 3 aliphatic rings. The summed E-state index contributed by atoms with van der Waals surface area (Å²) in [7, 11) is 0. The number of hydrogen-bond donors (Lipinski definition) is 1. The number of nitrogens with zero attached hydrogens (tertiary/aromatic N) is 2. The molecule has 1 aliphatic carbocycles. The van der Waals surface area contributed by atoms with Crippen LogP contribution in [0.25, 0.3) is 10.6 Å². The smallest absolute Gasteiger partial charge is 0.303 e. The van der Waals surface area contributed by atoms with Crippen molar-refractivity contribution < 1.29 is 23.1 Å². The summed E-state index contributed by atoms with van der Waals surface area (Å²) in [5.74, 6) is -1.16. The van der Waals surface area contributed by atoms with Crippen LogP contribution in [-0.4, -0.2) is 47.0 Å². The number of hydrogen-bond acceptors (Lipinski definition) is 6. The lowest BCUT2D eigenvalue weighted by Crippen LogP contribution is -2.61. The summed E-state index contributed by atoms with van der Waals surface area (Å²) in [4.78, 5) is 34.2. The number of thiazole rings is 1. The van der Waals surface area contributed by atoms with E-state index in [0.717, 1.165) is 42.0 Å². The third-order valence-corrected chi connectivity index (χ3v) is 10.4. The number of carbonyl (C=O) groups excluding carboxylic acids is 2. The number of amides is 1. The Bertz CT molecular complexity index is 1550. The third-order valence-electron chi connectivity index (χ3n) is 9.33. The molecule has 6 nitrogen and oxygen atoms in total. The van der Waals surface area contributed by atoms with Crippen molar-refractivity contribution in [3.63, 3.8) is 0 Å². The zero-order valence-electron chi connectivity index (χ0n) is 27.4. The van der Waals surface area contributed by atoms with E-state index in [1.165, 1.54) is 35.5 Å². The van der Waals surface area contributed by atoms with Gasteiger partial charge in [-0.25, -0.2) is 13.8 Å². The molecule has 2 saturated heterocycles. The average molecular weight is 638 g/mol. The predicted octanol–water partition coefficient (Wildman–Crippen LogP) is 7.57. The molecule has 6 unspecified atom stereocenters. The van der Waals surface area contributed by atoms with Gasteiger partial charge in [0.15, 0.2) is 6.10 Å². The summed E-state index contributed by atoms with van der Waals surface area (Å²) in [5.41, 5.74) is 3.98. The van der Waals surface area contributed by atoms with Crippen molar-refractivity contribution in [2.75, 3.05) is 13.1 Å². The zero-order chi connectivity index (χ0) is 32.8. The molecule has 0 bridgehead atoms. The van der Waals surface area contributed by atoms with Crippen LogP contribution in [0.3, 0.4) is 0 Å². The molecule has 242 valence electrons. The van der Waals surface area contributed by atoms with E-state index in [-0.39, 0.29) is 29.3 Å². The summed E-state index contributed by atoms with van der Waals surface area (Å²) in [6.45, 7) is 19.2. The fourth-order valence-electron chi connectivity index (χ4n) is 7.18. The van der Waals surface area contributed by atoms with Gasteiger partial charge in [-0.1, -0.05) is 70.1 Å². The number of carbonyl (C=O) groups is 2. The second kappa shape index (κ2) is 12.9. The number of fused-ring (bicyclic) bond motifs is 1. The lowest BCUT2D eigenvalue weighted by Gasteiger charge is -2.47. The molecule has 1 amide bonds. The molecule has 2 aliphatic heterocycles. The molecule has 2 aromatic rings. The lowest BCUT2D eigenvalue weighted by atomic mass is 9.78. The highest BCUT2D eigenvalue weighted by Gasteiger charge is 2.53. The van der Waals surface area contributed by atoms with Crippen LogP contribution in [0.2, 0.25) is 0 Å². The van der Waals surface area contributed by atoms with E-state index in [1.54, 1.807) is 0 Å². The molecule has 0 spiro atoms. The number of piperidine rings is 1. The number of esters is 1. The molecule has 0 radical (unpaired) electrons. The van der Waals surface area contributed by atoms with Crippen LogP contribution in [0.1, 0.15) is 77.9 Å². The lowest BCUT2D eigenvalue weighted by molar-refractivity contribution is -0.170. The maximum absolute atomic E-state index is 15.1. The van der Waals surface area contributed by atoms with Crippen LogP contribution in [0.15, 0.2) is 53.6 Å². The maximum Gasteiger partial charge on any atom is 0.303 e. The van der Waals surface area contributed by atoms with Gasteiger partial charge < -0.3 is 15.0 Å². The first-order chi connectivity index (χ1) is 21.1. The SMILES string of the molecule is C=C(C)CC1=CC=C(Cc2sc(-c3cc(F)ccc3F)nc2C(N2CC3C(C)CNC3C(OC(C)=O)C2=O)C(C)(C)C)CC1C. The molecule has 6 atom stereocenters. The van der Waals surface area contributed by atoms with Crippen molar-refractivity contribution >= 4 is 23.2 Å². The zero-order valence-corrected chi connectivity index (χ0v) is 28.2. The van der Waals surface area contributed by atoms with Crippen molar-refractivity contribution in [1.29, 1.82) is 0 Å². The number of aromatic nitrogens is 1. The van der Waals surface area contributed by atoms with Crippen molar-refractivity contribution in [2.45, 2.75) is 85.9 Å². The highest BCUT2D eigenvalue weighted by molar-refractivity contribution is 7.15. The fraction of sp³-hybridized carbons (Fsp3) is 0.528. The van der Waals surface area contributed by atoms with Gasteiger partial charge >= 0.3 is 5.97 Å². The Labute approximate surface area is 269 Å². The minimum atomic E-state index is -0.947. The van der Waals surface area contributed by atoms with E-state index >= 15 is 4.39 Å². The van der Waals surface area contributed by atoms with Crippen LogP contribution in [0.5, 0.6) is 0 Å². The van der Waals surface area contributed by atoms with Crippen LogP contribution in [-0.2, 0) is 20.7 Å². The van der Waals surface area contributed by atoms with Gasteiger partial charge in [-0.15, -0.1) is 11.3 Å². The van der Waals surface area contributed by atoms with Crippen LogP contribution in [0, 0.1) is 34.8 Å². The molecule has 0 saturated carbocycles. The molecular formula is C36H45F2N3O3S. The number of ether oxygens (including phenoxy) is 1. The van der Waals surface area contributed by atoms with E-state index < -0.39 is 35.2 Å². The summed E-state index contributed by atoms with van der Waals surface area (Å²) < 4.78 is 35.2. The van der Waals surface area contributed by atoms with Gasteiger partial charge in [-0.3, -0.25) is 9.59 Å². The number of rotatable bonds is 8. The highest BCUT2D eigenvalue weighted by atomic mass is 32.1. The Morgan fingerprint density at radius 2 is 1.96 bits per heavy atom. The minimum absolute atomic E-state index is 0.0814. The van der Waals surface area contributed by atoms with E-state index in [0.29, 0.717) is 29.6 Å². The second-order valence-corrected chi connectivity index (χ2v) is 15.4. The van der Waals surface area contributed by atoms with Crippen LogP contribution >= 0.6 is 11.3 Å². The van der Waals surface area contributed by atoms with E-state index in [2.05, 4.69) is 58.7 Å². The Hall–Kier alpha value is -3.17. The molecule has 1 aromatic heterocycles. The van der Waals surface area contributed by atoms with Crippen molar-refractivity contribution in [3.8, 4) is 10.6 Å². The number of benzene rings is 1. The van der Waals surface area contributed by atoms with E-state index in [1.807, 2.05) is 11.8 Å². The normalized spacial score (nSPS) is 25.8. The van der Waals surface area contributed by atoms with Gasteiger partial charge in [0, 0.05) is 30.3 Å². The maximum atomic E-state index is 15.1. The first kappa shape index (κ1) is 33.2. The molecule has 3 heterocycles. The Kier molecular flexibility index (Phi) is 9.53. The van der Waals surface area contributed by atoms with Gasteiger partial charge in [0.05, 0.1) is 17.8 Å². The number of nitrogens with one attached hydrogen (secondary N) is 1. The van der Waals surface area contributed by atoms with Crippen molar-refractivity contribution in [1.82, 2.24) is 15.2 Å². The second-order valence-electron chi connectivity index (χ2n) is 14.3. The third kappa shape index (κ3) is 6.99. The van der Waals surface area contributed by atoms with E-state index in [9.17, 15) is 14.0 Å². The van der Waals surface area contributed by atoms with Crippen LogP contribution in [0.4, 0.5) is 8.78 Å². The van der Waals surface area contributed by atoms with Gasteiger partial charge in [0.25, 0.3) is 5.91 Å². The topological polar surface area (TPSA) is 71.5 Å². The van der Waals surface area contributed by atoms with Crippen molar-refractivity contribution in [3.05, 3.63) is 75.9 Å². The summed E-state index contributed by atoms with van der Waals surface area (Å²) in [5, 5.41) is 3.80. The molecule has 1 aromatic carbocycles. The highest BCUT2D eigenvalue weighted by Crippen LogP contribution is 2.47. The van der Waals surface area contributed by atoms with E-state index in [4.69, 9.17) is 9.72 Å². The molecule has 1 N–H and O–H groups in total. The largest absolute Gasteiger partial charge is 0.451 e. The Morgan fingerprint density at radius 1 is 1.22 bits per heavy atom. The Morgan fingerprint density at radius 3 is 2.60 bits per heavy atom. The fourth-order valence-corrected chi connectivity index (χ4v) is 8.34. The summed E-state index contributed by atoms with van der Waals surface area (Å²) in [6, 6.07) is 2.66. The van der Waals surface area contributed by atoms with Gasteiger partial charge in [-0.05, 0) is 67.7 Å². The molecular weight excluding hydrogens is 592 g/mol. The minimum Gasteiger partial charge on any atom is -0.451 e. The monoisotopic (exact) mass is 637 g/mol. The average Bonchev–Trinajstić information content (AvgIpc) is 3.51. The van der Waals surface area contributed by atoms with Crippen molar-refractivity contribution in [2.24, 2.45) is 23.2 Å². The molecule has 5 rings (SSSR count). The summed E-state index contributed by atoms with van der Waals surface area (Å²) in [6.07, 6.45) is 5.70. The molecule has 9 heteroatoms. The number of halogens is 2. The van der Waals surface area contributed by atoms with Crippen LogP contribution < -0.4 is 5.32 Å². The van der Waals surface area contributed by atoms with Gasteiger partial charge in [0.1, 0.15) is 16.6 Å². The first-order valence-corrected chi connectivity index (χ1v) is 16.6. The number of likely N-dealkylation sites (tertiary alicyclic amines) is 1. The van der Waals surface area contributed by atoms with Gasteiger partial charge in [0.2, 0.25) is 0 Å². The predicted molar refractivity (Wildman–Crippen MR) is 174 cm³/mol. The first-order valence-electron chi connectivity index (χ1n) is 15.8. The quantitative estimate of drug-likeness (QED) is 0.239. The molecule has 45 heavy (non-hydrogen) atoms. The Balaban J connectivity index is 1.62. The summed E-state index contributed by atoms with van der Waals surface area (Å²) >= 11 is 1.35.